The molecule has 0 fully saturated rings. The van der Waals surface area contributed by atoms with E-state index < -0.39 is 0 Å². The van der Waals surface area contributed by atoms with Crippen LogP contribution >= 0.6 is 23.2 Å². The Morgan fingerprint density at radius 2 is 1.85 bits per heavy atom. The summed E-state index contributed by atoms with van der Waals surface area (Å²) in [4.78, 5) is 0. The minimum absolute atomic E-state index is 0.543. The van der Waals surface area contributed by atoms with Crippen molar-refractivity contribution in [3.05, 3.63) is 70.2 Å². The van der Waals surface area contributed by atoms with Crippen LogP contribution in [-0.4, -0.2) is 5.71 Å². The Labute approximate surface area is 128 Å². The largest absolute Gasteiger partial charge is 0.277 e. The second kappa shape index (κ2) is 7.13. The lowest BCUT2D eigenvalue weighted by Gasteiger charge is -2.04. The van der Waals surface area contributed by atoms with Crippen molar-refractivity contribution in [1.29, 1.82) is 0 Å². The van der Waals surface area contributed by atoms with Crippen LogP contribution in [-0.2, 0) is 0 Å². The first-order valence-corrected chi connectivity index (χ1v) is 6.89. The van der Waals surface area contributed by atoms with Gasteiger partial charge >= 0.3 is 0 Å². The van der Waals surface area contributed by atoms with Crippen molar-refractivity contribution in [2.45, 2.75) is 6.92 Å². The van der Waals surface area contributed by atoms with Crippen molar-refractivity contribution < 1.29 is 0 Å². The molecule has 2 nitrogen and oxygen atoms in total. The SMILES string of the molecule is CC(/C=C/c1ccccc1)=N\Nc1ccc(Cl)cc1Cl. The minimum Gasteiger partial charge on any atom is -0.277 e. The van der Waals surface area contributed by atoms with Gasteiger partial charge in [0.1, 0.15) is 0 Å². The normalized spacial score (nSPS) is 11.8. The zero-order chi connectivity index (χ0) is 14.4. The van der Waals surface area contributed by atoms with E-state index in [1.165, 1.54) is 0 Å². The summed E-state index contributed by atoms with van der Waals surface area (Å²) in [5.74, 6) is 0. The van der Waals surface area contributed by atoms with Crippen LogP contribution in [0, 0.1) is 0 Å². The smallest absolute Gasteiger partial charge is 0.0749 e. The van der Waals surface area contributed by atoms with Crippen molar-refractivity contribution in [3.63, 3.8) is 0 Å². The molecule has 0 saturated heterocycles. The molecule has 1 N–H and O–H groups in total. The van der Waals surface area contributed by atoms with E-state index in [9.17, 15) is 0 Å². The number of nitrogens with zero attached hydrogens (tertiary/aromatic N) is 1. The van der Waals surface area contributed by atoms with Crippen LogP contribution in [0.3, 0.4) is 0 Å². The molecule has 0 spiro atoms. The van der Waals surface area contributed by atoms with Gasteiger partial charge in [-0.05, 0) is 36.8 Å². The van der Waals surface area contributed by atoms with Crippen LogP contribution < -0.4 is 5.43 Å². The van der Waals surface area contributed by atoms with E-state index in [-0.39, 0.29) is 0 Å². The van der Waals surface area contributed by atoms with Crippen LogP contribution in [0.25, 0.3) is 6.08 Å². The number of nitrogens with one attached hydrogen (secondary N) is 1. The summed E-state index contributed by atoms with van der Waals surface area (Å²) in [5.41, 5.74) is 5.63. The fourth-order valence-corrected chi connectivity index (χ4v) is 2.00. The lowest BCUT2D eigenvalue weighted by molar-refractivity contribution is 1.33. The monoisotopic (exact) mass is 304 g/mol. The van der Waals surface area contributed by atoms with Gasteiger partial charge in [0.25, 0.3) is 0 Å². The van der Waals surface area contributed by atoms with Gasteiger partial charge in [-0.3, -0.25) is 5.43 Å². The fraction of sp³-hybridized carbons (Fsp3) is 0.0625. The average molecular weight is 305 g/mol. The molecule has 2 aromatic rings. The Morgan fingerprint density at radius 3 is 2.55 bits per heavy atom. The predicted molar refractivity (Wildman–Crippen MR) is 88.7 cm³/mol. The van der Waals surface area contributed by atoms with E-state index in [4.69, 9.17) is 23.2 Å². The fourth-order valence-electron chi connectivity index (χ4n) is 1.55. The van der Waals surface area contributed by atoms with E-state index >= 15 is 0 Å². The predicted octanol–water partition coefficient (Wildman–Crippen LogP) is 5.49. The number of rotatable bonds is 4. The van der Waals surface area contributed by atoms with Crippen molar-refractivity contribution in [2.24, 2.45) is 5.10 Å². The quantitative estimate of drug-likeness (QED) is 0.586. The van der Waals surface area contributed by atoms with Gasteiger partial charge in [-0.15, -0.1) is 0 Å². The first kappa shape index (κ1) is 14.6. The molecular weight excluding hydrogens is 291 g/mol. The number of halogens is 2. The number of allylic oxidation sites excluding steroid dienone is 1. The topological polar surface area (TPSA) is 24.4 Å². The third-order valence-electron chi connectivity index (χ3n) is 2.60. The summed E-state index contributed by atoms with van der Waals surface area (Å²) in [6.45, 7) is 1.91. The van der Waals surface area contributed by atoms with Crippen LogP contribution in [0.15, 0.2) is 59.7 Å². The molecule has 0 aliphatic rings. The number of hydrogen-bond acceptors (Lipinski definition) is 2. The molecule has 0 radical (unpaired) electrons. The van der Waals surface area contributed by atoms with Crippen molar-refractivity contribution in [3.8, 4) is 0 Å². The standard InChI is InChI=1S/C16H14Cl2N2/c1-12(7-8-13-5-3-2-4-6-13)19-20-16-10-9-14(17)11-15(16)18/h2-11,20H,1H3/b8-7+,19-12+. The number of hydrogen-bond donors (Lipinski definition) is 1. The van der Waals surface area contributed by atoms with Crippen LogP contribution in [0.1, 0.15) is 12.5 Å². The molecule has 20 heavy (non-hydrogen) atoms. The molecule has 0 aromatic heterocycles. The molecule has 0 bridgehead atoms. The maximum atomic E-state index is 6.05. The highest BCUT2D eigenvalue weighted by Crippen LogP contribution is 2.25. The Bertz CT molecular complexity index is 634. The van der Waals surface area contributed by atoms with E-state index in [1.807, 2.05) is 49.4 Å². The molecule has 0 saturated carbocycles. The minimum atomic E-state index is 0.543. The van der Waals surface area contributed by atoms with Gasteiger partial charge in [-0.25, -0.2) is 0 Å². The molecule has 102 valence electrons. The van der Waals surface area contributed by atoms with E-state index in [2.05, 4.69) is 10.5 Å². The lowest BCUT2D eigenvalue weighted by Crippen LogP contribution is -1.94. The number of hydrazone groups is 1. The Balaban J connectivity index is 2.02. The van der Waals surface area contributed by atoms with Crippen molar-refractivity contribution in [2.75, 3.05) is 5.43 Å². The van der Waals surface area contributed by atoms with Crippen molar-refractivity contribution >= 4 is 40.7 Å². The number of benzene rings is 2. The molecule has 0 aliphatic heterocycles. The maximum Gasteiger partial charge on any atom is 0.0749 e. The summed E-state index contributed by atoms with van der Waals surface area (Å²) >= 11 is 11.9. The van der Waals surface area contributed by atoms with Crippen LogP contribution in [0.4, 0.5) is 5.69 Å². The van der Waals surface area contributed by atoms with Crippen LogP contribution in [0.5, 0.6) is 0 Å². The highest BCUT2D eigenvalue weighted by Gasteiger charge is 1.99. The zero-order valence-corrected chi connectivity index (χ0v) is 12.5. The Morgan fingerprint density at radius 1 is 1.10 bits per heavy atom. The highest BCUT2D eigenvalue weighted by molar-refractivity contribution is 6.36. The molecule has 0 unspecified atom stereocenters. The van der Waals surface area contributed by atoms with Gasteiger partial charge < -0.3 is 0 Å². The molecule has 0 atom stereocenters. The van der Waals surface area contributed by atoms with E-state index in [1.54, 1.807) is 18.2 Å². The third-order valence-corrected chi connectivity index (χ3v) is 3.15. The van der Waals surface area contributed by atoms with Gasteiger partial charge in [0, 0.05) is 5.02 Å². The summed E-state index contributed by atoms with van der Waals surface area (Å²) in [6.07, 6.45) is 3.94. The van der Waals surface area contributed by atoms with E-state index in [0.29, 0.717) is 10.0 Å². The van der Waals surface area contributed by atoms with Crippen molar-refractivity contribution in [1.82, 2.24) is 0 Å². The molecular formula is C16H14Cl2N2. The maximum absolute atomic E-state index is 6.05. The summed E-state index contributed by atoms with van der Waals surface area (Å²) in [6, 6.07) is 15.3. The molecule has 0 heterocycles. The second-order valence-corrected chi connectivity index (χ2v) is 5.08. The van der Waals surface area contributed by atoms with Crippen LogP contribution in [0.2, 0.25) is 10.0 Å². The zero-order valence-electron chi connectivity index (χ0n) is 11.0. The first-order valence-electron chi connectivity index (χ1n) is 6.13. The average Bonchev–Trinajstić information content (AvgIpc) is 2.45. The third kappa shape index (κ3) is 4.41. The van der Waals surface area contributed by atoms with Gasteiger partial charge in [0.05, 0.1) is 16.4 Å². The van der Waals surface area contributed by atoms with E-state index in [0.717, 1.165) is 17.0 Å². The van der Waals surface area contributed by atoms with Gasteiger partial charge in [0.15, 0.2) is 0 Å². The lowest BCUT2D eigenvalue weighted by atomic mass is 10.2. The molecule has 0 aliphatic carbocycles. The summed E-state index contributed by atoms with van der Waals surface area (Å²) < 4.78 is 0. The molecule has 2 rings (SSSR count). The Kier molecular flexibility index (Phi) is 5.22. The molecule has 4 heteroatoms. The number of anilines is 1. The van der Waals surface area contributed by atoms with Gasteiger partial charge in [0.2, 0.25) is 0 Å². The summed E-state index contributed by atoms with van der Waals surface area (Å²) in [7, 11) is 0. The van der Waals surface area contributed by atoms with Gasteiger partial charge in [-0.1, -0.05) is 59.6 Å². The highest BCUT2D eigenvalue weighted by atomic mass is 35.5. The summed E-state index contributed by atoms with van der Waals surface area (Å²) in [5, 5.41) is 5.40. The Hall–Kier alpha value is -1.77. The van der Waals surface area contributed by atoms with Gasteiger partial charge in [-0.2, -0.15) is 5.10 Å². The molecule has 2 aromatic carbocycles. The molecule has 0 amide bonds. The second-order valence-electron chi connectivity index (χ2n) is 4.23. The first-order chi connectivity index (χ1) is 9.65.